The highest BCUT2D eigenvalue weighted by atomic mass is 79.9. The first-order chi connectivity index (χ1) is 8.95. The van der Waals surface area contributed by atoms with Crippen molar-refractivity contribution in [2.45, 2.75) is 31.9 Å². The minimum Gasteiger partial charge on any atom is -0.387 e. The number of hydrogen-bond donors (Lipinski definition) is 1. The molecular formula is C13H17BrN2O3. The van der Waals surface area contributed by atoms with Crippen LogP contribution in [0.15, 0.2) is 22.7 Å². The molecule has 104 valence electrons. The molecular weight excluding hydrogens is 312 g/mol. The van der Waals surface area contributed by atoms with Crippen LogP contribution in [-0.4, -0.2) is 33.6 Å². The van der Waals surface area contributed by atoms with Crippen LogP contribution in [0.25, 0.3) is 0 Å². The molecule has 5 nitrogen and oxygen atoms in total. The molecule has 1 aromatic rings. The van der Waals surface area contributed by atoms with Crippen LogP contribution < -0.4 is 0 Å². The maximum atomic E-state index is 10.9. The molecule has 1 aromatic carbocycles. The molecule has 2 rings (SSSR count). The number of likely N-dealkylation sites (tertiary alicyclic amines) is 1. The lowest BCUT2D eigenvalue weighted by Crippen LogP contribution is -2.60. The van der Waals surface area contributed by atoms with E-state index in [1.165, 1.54) is 6.07 Å². The molecule has 0 amide bonds. The van der Waals surface area contributed by atoms with Crippen molar-refractivity contribution in [2.75, 3.05) is 13.1 Å². The number of aliphatic hydroxyl groups is 1. The van der Waals surface area contributed by atoms with Crippen LogP contribution >= 0.6 is 15.9 Å². The van der Waals surface area contributed by atoms with E-state index in [4.69, 9.17) is 0 Å². The molecule has 0 radical (unpaired) electrons. The van der Waals surface area contributed by atoms with Gasteiger partial charge in [0.2, 0.25) is 0 Å². The maximum Gasteiger partial charge on any atom is 0.283 e. The summed E-state index contributed by atoms with van der Waals surface area (Å²) < 4.78 is 0.533. The molecule has 1 saturated heterocycles. The van der Waals surface area contributed by atoms with Gasteiger partial charge in [0.1, 0.15) is 0 Å². The highest BCUT2D eigenvalue weighted by Crippen LogP contribution is 2.32. The van der Waals surface area contributed by atoms with E-state index in [0.717, 1.165) is 18.4 Å². The van der Waals surface area contributed by atoms with Crippen LogP contribution in [0.5, 0.6) is 0 Å². The van der Waals surface area contributed by atoms with E-state index in [9.17, 15) is 15.2 Å². The van der Waals surface area contributed by atoms with Gasteiger partial charge < -0.3 is 5.11 Å². The van der Waals surface area contributed by atoms with Crippen molar-refractivity contribution in [3.8, 4) is 0 Å². The Morgan fingerprint density at radius 2 is 2.21 bits per heavy atom. The van der Waals surface area contributed by atoms with E-state index in [2.05, 4.69) is 27.8 Å². The topological polar surface area (TPSA) is 66.6 Å². The van der Waals surface area contributed by atoms with Crippen LogP contribution in [0, 0.1) is 10.1 Å². The molecule has 0 spiro atoms. The number of nitrogens with zero attached hydrogens (tertiary/aromatic N) is 2. The fourth-order valence-corrected chi connectivity index (χ4v) is 3.13. The van der Waals surface area contributed by atoms with Gasteiger partial charge in [0.25, 0.3) is 5.69 Å². The highest BCUT2D eigenvalue weighted by Gasteiger charge is 2.40. The molecule has 0 atom stereocenters. The summed E-state index contributed by atoms with van der Waals surface area (Å²) in [6, 6.07) is 5.04. The van der Waals surface area contributed by atoms with Gasteiger partial charge in [0.05, 0.1) is 15.0 Å². The summed E-state index contributed by atoms with van der Waals surface area (Å²) in [6.07, 6.45) is 1.77. The van der Waals surface area contributed by atoms with Crippen LogP contribution in [0.2, 0.25) is 0 Å². The van der Waals surface area contributed by atoms with Crippen LogP contribution in [0.4, 0.5) is 5.69 Å². The molecule has 1 fully saturated rings. The second kappa shape index (κ2) is 5.56. The zero-order valence-electron chi connectivity index (χ0n) is 10.8. The van der Waals surface area contributed by atoms with E-state index in [1.807, 2.05) is 6.07 Å². The quantitative estimate of drug-likeness (QED) is 0.666. The molecule has 6 heteroatoms. The van der Waals surface area contributed by atoms with Crippen LogP contribution in [0.3, 0.4) is 0 Å². The monoisotopic (exact) mass is 328 g/mol. The number of rotatable bonds is 5. The van der Waals surface area contributed by atoms with Gasteiger partial charge in [-0.2, -0.15) is 0 Å². The molecule has 0 saturated carbocycles. The summed E-state index contributed by atoms with van der Waals surface area (Å²) >= 11 is 3.29. The lowest BCUT2D eigenvalue weighted by molar-refractivity contribution is -0.385. The first kappa shape index (κ1) is 14.4. The van der Waals surface area contributed by atoms with Crippen molar-refractivity contribution >= 4 is 21.6 Å². The van der Waals surface area contributed by atoms with Crippen molar-refractivity contribution < 1.29 is 10.0 Å². The molecule has 1 heterocycles. The number of nitro benzene ring substituents is 1. The van der Waals surface area contributed by atoms with Crippen LogP contribution in [0.1, 0.15) is 25.3 Å². The Hall–Kier alpha value is -0.980. The molecule has 1 aliphatic rings. The van der Waals surface area contributed by atoms with E-state index in [-0.39, 0.29) is 5.69 Å². The van der Waals surface area contributed by atoms with Gasteiger partial charge in [0.15, 0.2) is 0 Å². The minimum absolute atomic E-state index is 0.0850. The third-order valence-electron chi connectivity index (χ3n) is 3.40. The van der Waals surface area contributed by atoms with Crippen molar-refractivity contribution in [1.29, 1.82) is 0 Å². The summed E-state index contributed by atoms with van der Waals surface area (Å²) in [5.41, 5.74) is 0.400. The fourth-order valence-electron chi connectivity index (χ4n) is 2.59. The largest absolute Gasteiger partial charge is 0.387 e. The van der Waals surface area contributed by atoms with Gasteiger partial charge in [-0.1, -0.05) is 25.5 Å². The lowest BCUT2D eigenvalue weighted by Gasteiger charge is -2.46. The maximum absolute atomic E-state index is 10.9. The molecule has 0 aliphatic carbocycles. The van der Waals surface area contributed by atoms with E-state index in [0.29, 0.717) is 24.1 Å². The Balaban J connectivity index is 2.02. The van der Waals surface area contributed by atoms with E-state index in [1.54, 1.807) is 6.07 Å². The zero-order chi connectivity index (χ0) is 14.0. The minimum atomic E-state index is -0.568. The zero-order valence-corrected chi connectivity index (χ0v) is 12.4. The fraction of sp³-hybridized carbons (Fsp3) is 0.538. The summed E-state index contributed by atoms with van der Waals surface area (Å²) in [4.78, 5) is 12.6. The third-order valence-corrected chi connectivity index (χ3v) is 4.32. The Bertz CT molecular complexity index is 487. The van der Waals surface area contributed by atoms with Gasteiger partial charge >= 0.3 is 0 Å². The molecule has 1 N–H and O–H groups in total. The molecule has 0 aromatic heterocycles. The van der Waals surface area contributed by atoms with Crippen molar-refractivity contribution in [1.82, 2.24) is 4.90 Å². The van der Waals surface area contributed by atoms with Crippen LogP contribution in [-0.2, 0) is 6.54 Å². The Kier molecular flexibility index (Phi) is 4.23. The van der Waals surface area contributed by atoms with E-state index >= 15 is 0 Å². The summed E-state index contributed by atoms with van der Waals surface area (Å²) in [7, 11) is 0. The van der Waals surface area contributed by atoms with Crippen molar-refractivity contribution in [3.05, 3.63) is 38.3 Å². The second-order valence-electron chi connectivity index (χ2n) is 5.13. The van der Waals surface area contributed by atoms with Gasteiger partial charge in [-0.05, 0) is 27.9 Å². The number of nitro groups is 1. The number of β-amino-alcohol motifs (C(OH)–C–C–N with tert-alkyl or cyclic N) is 1. The van der Waals surface area contributed by atoms with E-state index < -0.39 is 10.5 Å². The third kappa shape index (κ3) is 3.13. The number of hydrogen-bond acceptors (Lipinski definition) is 4. The number of halogens is 1. The van der Waals surface area contributed by atoms with Crippen molar-refractivity contribution in [2.24, 2.45) is 0 Å². The predicted octanol–water partition coefficient (Wildman–Crippen LogP) is 2.70. The molecule has 19 heavy (non-hydrogen) atoms. The molecule has 0 unspecified atom stereocenters. The highest BCUT2D eigenvalue weighted by molar-refractivity contribution is 9.10. The Labute approximate surface area is 120 Å². The van der Waals surface area contributed by atoms with Crippen molar-refractivity contribution in [3.63, 3.8) is 0 Å². The Morgan fingerprint density at radius 3 is 2.79 bits per heavy atom. The second-order valence-corrected chi connectivity index (χ2v) is 5.92. The molecule has 0 bridgehead atoms. The first-order valence-corrected chi connectivity index (χ1v) is 7.11. The standard InChI is InChI=1S/C13H17BrN2O3/c1-2-6-13(17)8-15(9-13)7-10-4-3-5-11(12(10)14)16(18)19/h3-5,17H,2,6-9H2,1H3. The summed E-state index contributed by atoms with van der Waals surface area (Å²) in [6.45, 7) is 3.94. The van der Waals surface area contributed by atoms with Gasteiger partial charge in [-0.25, -0.2) is 0 Å². The number of benzene rings is 1. The van der Waals surface area contributed by atoms with Gasteiger partial charge in [-0.15, -0.1) is 0 Å². The smallest absolute Gasteiger partial charge is 0.283 e. The molecule has 1 aliphatic heterocycles. The van der Waals surface area contributed by atoms with Gasteiger partial charge in [0, 0.05) is 25.7 Å². The SMILES string of the molecule is CCCC1(O)CN(Cc2cccc([N+](=O)[O-])c2Br)C1. The average Bonchev–Trinajstić information content (AvgIpc) is 2.29. The first-order valence-electron chi connectivity index (χ1n) is 6.32. The normalized spacial score (nSPS) is 18.1. The predicted molar refractivity (Wildman–Crippen MR) is 75.9 cm³/mol. The Morgan fingerprint density at radius 1 is 1.53 bits per heavy atom. The summed E-state index contributed by atoms with van der Waals surface area (Å²) in [5, 5.41) is 21.0. The van der Waals surface area contributed by atoms with Gasteiger partial charge in [-0.3, -0.25) is 15.0 Å². The average molecular weight is 329 g/mol. The lowest BCUT2D eigenvalue weighted by atomic mass is 9.89. The summed E-state index contributed by atoms with van der Waals surface area (Å²) in [5.74, 6) is 0.